The highest BCUT2D eigenvalue weighted by molar-refractivity contribution is 5.84. The lowest BCUT2D eigenvalue weighted by atomic mass is 9.90. The fraction of sp³-hybridized carbons (Fsp3) is 0.156. The molecule has 6 rings (SSSR count). The van der Waals surface area contributed by atoms with Gasteiger partial charge in [-0.3, -0.25) is 4.79 Å². The Kier molecular flexibility index (Phi) is 7.60. The van der Waals surface area contributed by atoms with Crippen molar-refractivity contribution in [2.24, 2.45) is 0 Å². The summed E-state index contributed by atoms with van der Waals surface area (Å²) in [5.41, 5.74) is 3.19. The molecular weight excluding hydrogens is 528 g/mol. The summed E-state index contributed by atoms with van der Waals surface area (Å²) in [7, 11) is 2.94. The molecule has 0 aliphatic carbocycles. The summed E-state index contributed by atoms with van der Waals surface area (Å²) >= 11 is 0. The summed E-state index contributed by atoms with van der Waals surface area (Å²) in [4.78, 5) is 12.5. The molecule has 210 valence electrons. The third-order valence-electron chi connectivity index (χ3n) is 6.89. The van der Waals surface area contributed by atoms with Crippen LogP contribution in [-0.2, 0) is 6.42 Å². The summed E-state index contributed by atoms with van der Waals surface area (Å²) in [5, 5.41) is 38.4. The van der Waals surface area contributed by atoms with Crippen LogP contribution >= 0.6 is 0 Å². The van der Waals surface area contributed by atoms with Crippen LogP contribution < -0.4 is 19.6 Å². The normalized spacial score (nSPS) is 13.9. The van der Waals surface area contributed by atoms with E-state index in [4.69, 9.17) is 18.6 Å². The van der Waals surface area contributed by atoms with Crippen LogP contribution in [0.25, 0.3) is 22.1 Å². The second-order valence-corrected chi connectivity index (χ2v) is 9.48. The maximum atomic E-state index is 12.5. The van der Waals surface area contributed by atoms with E-state index in [2.05, 4.69) is 0 Å². The van der Waals surface area contributed by atoms with E-state index in [1.807, 2.05) is 18.2 Å². The Hall–Kier alpha value is -5.31. The molecule has 2 heterocycles. The van der Waals surface area contributed by atoms with Gasteiger partial charge in [0.25, 0.3) is 0 Å². The van der Waals surface area contributed by atoms with Crippen molar-refractivity contribution in [2.45, 2.75) is 12.3 Å². The zero-order valence-corrected chi connectivity index (χ0v) is 22.3. The van der Waals surface area contributed by atoms with Gasteiger partial charge in [-0.05, 0) is 59.5 Å². The van der Waals surface area contributed by atoms with Crippen LogP contribution in [0, 0.1) is 0 Å². The number of fused-ring (bicyclic) bond motifs is 2. The number of hydrogen-bond acceptors (Lipinski definition) is 9. The number of methoxy groups -OCH3 is 2. The first-order chi connectivity index (χ1) is 19.8. The van der Waals surface area contributed by atoms with Crippen LogP contribution in [0.3, 0.4) is 0 Å². The van der Waals surface area contributed by atoms with Gasteiger partial charge in [-0.1, -0.05) is 24.3 Å². The average Bonchev–Trinajstić information content (AvgIpc) is 2.98. The molecule has 9 heteroatoms. The topological polar surface area (TPSA) is 139 Å². The summed E-state index contributed by atoms with van der Waals surface area (Å²) in [6.07, 6.45) is 2.15. The van der Waals surface area contributed by atoms with E-state index in [-0.39, 0.29) is 45.7 Å². The summed E-state index contributed by atoms with van der Waals surface area (Å²) in [6, 6.07) is 19.6. The summed E-state index contributed by atoms with van der Waals surface area (Å²) < 4.78 is 21.3. The largest absolute Gasteiger partial charge is 0.508 e. The molecule has 0 saturated heterocycles. The average molecular weight is 557 g/mol. The highest BCUT2D eigenvalue weighted by Crippen LogP contribution is 2.39. The predicted molar refractivity (Wildman–Crippen MR) is 153 cm³/mol. The van der Waals surface area contributed by atoms with E-state index >= 15 is 0 Å². The Morgan fingerprint density at radius 2 is 1.39 bits per heavy atom. The van der Waals surface area contributed by atoms with Crippen molar-refractivity contribution in [2.75, 3.05) is 20.8 Å². The van der Waals surface area contributed by atoms with Gasteiger partial charge in [0.2, 0.25) is 5.43 Å². The monoisotopic (exact) mass is 556 g/mol. The van der Waals surface area contributed by atoms with E-state index in [0.29, 0.717) is 34.6 Å². The quantitative estimate of drug-likeness (QED) is 0.219. The van der Waals surface area contributed by atoms with Gasteiger partial charge in [0.05, 0.1) is 31.8 Å². The first-order valence-corrected chi connectivity index (χ1v) is 12.7. The standard InChI is InChI=1S/C16H12O5.C16H16O4/c1-20-15-6-11-14(7-13(15)18)21-8-12(16(11)19)9-2-4-10(17)5-3-9;1-19-16-7-11-6-12(9-20-15(11)8-14(16)18)10-2-4-13(17)5-3-10/h2-8,17-18H,1H3;2-5,7-8,12,17-18H,6,9H2,1H3. The molecule has 4 aromatic carbocycles. The number of rotatable bonds is 4. The van der Waals surface area contributed by atoms with Gasteiger partial charge in [-0.2, -0.15) is 0 Å². The van der Waals surface area contributed by atoms with Crippen molar-refractivity contribution in [1.29, 1.82) is 0 Å². The van der Waals surface area contributed by atoms with Gasteiger partial charge in [0.1, 0.15) is 29.1 Å². The van der Waals surface area contributed by atoms with Crippen LogP contribution in [0.5, 0.6) is 40.2 Å². The second-order valence-electron chi connectivity index (χ2n) is 9.48. The molecule has 0 bridgehead atoms. The van der Waals surface area contributed by atoms with Gasteiger partial charge in [-0.25, -0.2) is 0 Å². The zero-order chi connectivity index (χ0) is 29.1. The second kappa shape index (κ2) is 11.4. The zero-order valence-electron chi connectivity index (χ0n) is 22.3. The van der Waals surface area contributed by atoms with E-state index < -0.39 is 0 Å². The number of phenols is 4. The molecule has 1 atom stereocenters. The minimum Gasteiger partial charge on any atom is -0.508 e. The molecular formula is C32H28O9. The molecule has 1 aliphatic heterocycles. The molecule has 9 nitrogen and oxygen atoms in total. The van der Waals surface area contributed by atoms with Gasteiger partial charge in [0.15, 0.2) is 23.0 Å². The third-order valence-corrected chi connectivity index (χ3v) is 6.89. The number of benzene rings is 4. The fourth-order valence-electron chi connectivity index (χ4n) is 4.67. The third kappa shape index (κ3) is 5.69. The first kappa shape index (κ1) is 27.3. The maximum absolute atomic E-state index is 12.5. The maximum Gasteiger partial charge on any atom is 0.200 e. The molecule has 1 unspecified atom stereocenters. The highest BCUT2D eigenvalue weighted by atomic mass is 16.5. The smallest absolute Gasteiger partial charge is 0.200 e. The molecule has 0 radical (unpaired) electrons. The molecule has 4 N–H and O–H groups in total. The van der Waals surface area contributed by atoms with Gasteiger partial charge < -0.3 is 39.1 Å². The SMILES string of the molecule is COc1cc2c(=O)c(-c3ccc(O)cc3)coc2cc1O.COc1cc2c(cc1O)OCC(c1ccc(O)cc1)C2. The summed E-state index contributed by atoms with van der Waals surface area (Å²) in [6.45, 7) is 0.559. The lowest BCUT2D eigenvalue weighted by Crippen LogP contribution is -2.19. The highest BCUT2D eigenvalue weighted by Gasteiger charge is 2.23. The lowest BCUT2D eigenvalue weighted by Gasteiger charge is -2.26. The molecule has 0 amide bonds. The van der Waals surface area contributed by atoms with Crippen LogP contribution in [-0.4, -0.2) is 41.3 Å². The van der Waals surface area contributed by atoms with E-state index in [9.17, 15) is 25.2 Å². The minimum atomic E-state index is -0.236. The van der Waals surface area contributed by atoms with Crippen molar-refractivity contribution in [3.63, 3.8) is 0 Å². The number of aromatic hydroxyl groups is 4. The molecule has 1 aliphatic rings. The summed E-state index contributed by atoms with van der Waals surface area (Å²) in [5.74, 6) is 1.99. The van der Waals surface area contributed by atoms with Crippen LogP contribution in [0.4, 0.5) is 0 Å². The number of ether oxygens (including phenoxy) is 3. The number of phenolic OH excluding ortho intramolecular Hbond substituents is 4. The Labute approximate surface area is 235 Å². The minimum absolute atomic E-state index is 0.0920. The van der Waals surface area contributed by atoms with Gasteiger partial charge in [0, 0.05) is 18.1 Å². The molecule has 0 spiro atoms. The Morgan fingerprint density at radius 1 is 0.780 bits per heavy atom. The molecule has 0 fully saturated rings. The lowest BCUT2D eigenvalue weighted by molar-refractivity contribution is 0.259. The van der Waals surface area contributed by atoms with Crippen molar-refractivity contribution < 1.29 is 39.1 Å². The van der Waals surface area contributed by atoms with Crippen molar-refractivity contribution in [1.82, 2.24) is 0 Å². The van der Waals surface area contributed by atoms with E-state index in [0.717, 1.165) is 17.5 Å². The first-order valence-electron chi connectivity index (χ1n) is 12.7. The molecule has 41 heavy (non-hydrogen) atoms. The van der Waals surface area contributed by atoms with Crippen molar-refractivity contribution in [3.05, 3.63) is 100 Å². The Bertz CT molecular complexity index is 1740. The van der Waals surface area contributed by atoms with Gasteiger partial charge in [-0.15, -0.1) is 0 Å². The van der Waals surface area contributed by atoms with Crippen molar-refractivity contribution in [3.8, 4) is 51.4 Å². The Morgan fingerprint density at radius 3 is 2.05 bits per heavy atom. The fourth-order valence-corrected chi connectivity index (χ4v) is 4.67. The van der Waals surface area contributed by atoms with Gasteiger partial charge >= 0.3 is 0 Å². The van der Waals surface area contributed by atoms with E-state index in [1.54, 1.807) is 30.3 Å². The van der Waals surface area contributed by atoms with Crippen LogP contribution in [0.1, 0.15) is 17.0 Å². The molecule has 0 saturated carbocycles. The predicted octanol–water partition coefficient (Wildman–Crippen LogP) is 5.70. The van der Waals surface area contributed by atoms with Crippen LogP contribution in [0.15, 0.2) is 88.3 Å². The van der Waals surface area contributed by atoms with Crippen LogP contribution in [0.2, 0.25) is 0 Å². The number of hydrogen-bond donors (Lipinski definition) is 4. The Balaban J connectivity index is 0.000000165. The molecule has 1 aromatic heterocycles. The molecule has 5 aromatic rings. The van der Waals surface area contributed by atoms with Crippen molar-refractivity contribution >= 4 is 11.0 Å². The van der Waals surface area contributed by atoms with E-state index in [1.165, 1.54) is 44.7 Å².